The number of carbonyl (C=O) groups is 2. The van der Waals surface area contributed by atoms with Crippen LogP contribution in [-0.2, 0) is 19.6 Å². The quantitative estimate of drug-likeness (QED) is 0.582. The van der Waals surface area contributed by atoms with Gasteiger partial charge in [-0.3, -0.25) is 4.79 Å². The number of hydrogen-bond donors (Lipinski definition) is 1. The fourth-order valence-electron chi connectivity index (χ4n) is 2.31. The molecule has 0 radical (unpaired) electrons. The summed E-state index contributed by atoms with van der Waals surface area (Å²) in [7, 11) is -3.60. The van der Waals surface area contributed by atoms with Crippen molar-refractivity contribution in [2.45, 2.75) is 17.7 Å². The van der Waals surface area contributed by atoms with Crippen molar-refractivity contribution < 1.29 is 22.7 Å². The van der Waals surface area contributed by atoms with Crippen LogP contribution in [-0.4, -0.2) is 50.8 Å². The summed E-state index contributed by atoms with van der Waals surface area (Å²) in [6.07, 6.45) is 3.17. The number of nitrogens with one attached hydrogen (secondary N) is 1. The number of sulfonamides is 1. The second-order valence-corrected chi connectivity index (χ2v) is 7.25. The Morgan fingerprint density at radius 1 is 1.29 bits per heavy atom. The lowest BCUT2D eigenvalue weighted by molar-refractivity contribution is -0.124. The summed E-state index contributed by atoms with van der Waals surface area (Å²) in [4.78, 5) is 23.4. The summed E-state index contributed by atoms with van der Waals surface area (Å²) in [5.74, 6) is -1.20. The summed E-state index contributed by atoms with van der Waals surface area (Å²) >= 11 is 0. The Kier molecular flexibility index (Phi) is 6.10. The van der Waals surface area contributed by atoms with Gasteiger partial charge in [0.1, 0.15) is 0 Å². The molecule has 1 aliphatic heterocycles. The maximum Gasteiger partial charge on any atom is 0.338 e. The van der Waals surface area contributed by atoms with E-state index in [1.807, 2.05) is 0 Å². The van der Waals surface area contributed by atoms with Crippen molar-refractivity contribution in [1.29, 1.82) is 0 Å². The normalized spacial score (nSPS) is 15.0. The molecule has 1 heterocycles. The summed E-state index contributed by atoms with van der Waals surface area (Å²) in [6, 6.07) is 5.66. The average Bonchev–Trinajstić information content (AvgIpc) is 3.13. The second kappa shape index (κ2) is 8.07. The first-order valence-electron chi connectivity index (χ1n) is 7.60. The number of carbonyl (C=O) groups excluding carboxylic acids is 2. The molecule has 1 aliphatic rings. The van der Waals surface area contributed by atoms with Gasteiger partial charge in [-0.05, 0) is 31.0 Å². The molecule has 130 valence electrons. The minimum absolute atomic E-state index is 0.0509. The zero-order valence-corrected chi connectivity index (χ0v) is 14.0. The minimum atomic E-state index is -3.60. The van der Waals surface area contributed by atoms with E-state index in [9.17, 15) is 18.0 Å². The van der Waals surface area contributed by atoms with E-state index in [-0.39, 0.29) is 17.0 Å². The van der Waals surface area contributed by atoms with Crippen LogP contribution < -0.4 is 5.32 Å². The molecule has 0 aliphatic carbocycles. The lowest BCUT2D eigenvalue weighted by Crippen LogP contribution is -2.29. The van der Waals surface area contributed by atoms with Gasteiger partial charge in [-0.25, -0.2) is 13.2 Å². The molecule has 0 unspecified atom stereocenters. The third-order valence-electron chi connectivity index (χ3n) is 3.55. The van der Waals surface area contributed by atoms with Crippen molar-refractivity contribution in [3.05, 3.63) is 42.5 Å². The van der Waals surface area contributed by atoms with Crippen molar-refractivity contribution >= 4 is 21.9 Å². The monoisotopic (exact) mass is 352 g/mol. The van der Waals surface area contributed by atoms with Crippen LogP contribution in [0.5, 0.6) is 0 Å². The smallest absolute Gasteiger partial charge is 0.338 e. The topological polar surface area (TPSA) is 92.8 Å². The third-order valence-corrected chi connectivity index (χ3v) is 5.45. The molecule has 1 saturated heterocycles. The molecule has 0 bridgehead atoms. The van der Waals surface area contributed by atoms with Crippen molar-refractivity contribution in [3.63, 3.8) is 0 Å². The number of amides is 1. The van der Waals surface area contributed by atoms with Crippen LogP contribution >= 0.6 is 0 Å². The Labute approximate surface area is 141 Å². The van der Waals surface area contributed by atoms with Gasteiger partial charge in [-0.2, -0.15) is 4.31 Å². The average molecular weight is 352 g/mol. The molecule has 1 aromatic carbocycles. The molecule has 1 N–H and O–H groups in total. The fraction of sp³-hybridized carbons (Fsp3) is 0.375. The van der Waals surface area contributed by atoms with Gasteiger partial charge in [0.2, 0.25) is 10.0 Å². The van der Waals surface area contributed by atoms with Crippen LogP contribution in [0.25, 0.3) is 0 Å². The zero-order chi connectivity index (χ0) is 17.6. The largest absolute Gasteiger partial charge is 0.452 e. The maximum absolute atomic E-state index is 12.5. The molecule has 1 amide bonds. The molecule has 8 heteroatoms. The first-order valence-corrected chi connectivity index (χ1v) is 9.04. The predicted octanol–water partition coefficient (Wildman–Crippen LogP) is 0.930. The van der Waals surface area contributed by atoms with E-state index in [1.165, 1.54) is 34.6 Å². The number of nitrogens with zero attached hydrogens (tertiary/aromatic N) is 1. The number of esters is 1. The number of rotatable bonds is 7. The lowest BCUT2D eigenvalue weighted by Gasteiger charge is -2.15. The van der Waals surface area contributed by atoms with Crippen LogP contribution in [0.3, 0.4) is 0 Å². The number of ether oxygens (including phenoxy) is 1. The van der Waals surface area contributed by atoms with Crippen LogP contribution in [0.2, 0.25) is 0 Å². The van der Waals surface area contributed by atoms with Gasteiger partial charge in [-0.1, -0.05) is 12.1 Å². The third kappa shape index (κ3) is 4.42. The van der Waals surface area contributed by atoms with Gasteiger partial charge in [0, 0.05) is 19.6 Å². The molecule has 7 nitrogen and oxygen atoms in total. The fourth-order valence-corrected chi connectivity index (χ4v) is 3.88. The van der Waals surface area contributed by atoms with E-state index in [2.05, 4.69) is 11.9 Å². The van der Waals surface area contributed by atoms with Gasteiger partial charge in [0.05, 0.1) is 10.5 Å². The summed E-state index contributed by atoms with van der Waals surface area (Å²) in [5.41, 5.74) is 0.0896. The molecule has 1 fully saturated rings. The highest BCUT2D eigenvalue weighted by Gasteiger charge is 2.27. The van der Waals surface area contributed by atoms with Crippen molar-refractivity contribution in [2.24, 2.45) is 0 Å². The van der Waals surface area contributed by atoms with E-state index in [0.29, 0.717) is 13.1 Å². The Hall–Kier alpha value is -2.19. The molecule has 0 spiro atoms. The highest BCUT2D eigenvalue weighted by molar-refractivity contribution is 7.89. The van der Waals surface area contributed by atoms with E-state index in [4.69, 9.17) is 4.74 Å². The Bertz CT molecular complexity index is 724. The first kappa shape index (κ1) is 18.2. The lowest BCUT2D eigenvalue weighted by atomic mass is 10.2. The van der Waals surface area contributed by atoms with Gasteiger partial charge in [0.15, 0.2) is 6.61 Å². The molecular formula is C16H20N2O5S. The predicted molar refractivity (Wildman–Crippen MR) is 87.9 cm³/mol. The van der Waals surface area contributed by atoms with Crippen molar-refractivity contribution in [2.75, 3.05) is 26.2 Å². The minimum Gasteiger partial charge on any atom is -0.452 e. The van der Waals surface area contributed by atoms with Crippen LogP contribution in [0, 0.1) is 0 Å². The van der Waals surface area contributed by atoms with Gasteiger partial charge in [0.25, 0.3) is 5.91 Å². The van der Waals surface area contributed by atoms with Crippen molar-refractivity contribution in [3.8, 4) is 0 Å². The molecule has 0 aromatic heterocycles. The summed E-state index contributed by atoms with van der Waals surface area (Å²) < 4.78 is 31.3. The van der Waals surface area contributed by atoms with E-state index in [1.54, 1.807) is 0 Å². The first-order chi connectivity index (χ1) is 11.4. The van der Waals surface area contributed by atoms with Gasteiger partial charge in [-0.15, -0.1) is 6.58 Å². The Balaban J connectivity index is 2.05. The summed E-state index contributed by atoms with van der Waals surface area (Å²) in [6.45, 7) is 4.27. The summed E-state index contributed by atoms with van der Waals surface area (Å²) in [5, 5.41) is 2.48. The van der Waals surface area contributed by atoms with Gasteiger partial charge >= 0.3 is 5.97 Å². The molecule has 2 rings (SSSR count). The molecule has 0 atom stereocenters. The van der Waals surface area contributed by atoms with E-state index in [0.717, 1.165) is 12.8 Å². The van der Waals surface area contributed by atoms with Crippen LogP contribution in [0.4, 0.5) is 0 Å². The van der Waals surface area contributed by atoms with Crippen LogP contribution in [0.15, 0.2) is 41.8 Å². The molecular weight excluding hydrogens is 332 g/mol. The van der Waals surface area contributed by atoms with Crippen molar-refractivity contribution in [1.82, 2.24) is 9.62 Å². The highest BCUT2D eigenvalue weighted by atomic mass is 32.2. The number of benzene rings is 1. The van der Waals surface area contributed by atoms with E-state index < -0.39 is 28.5 Å². The highest BCUT2D eigenvalue weighted by Crippen LogP contribution is 2.21. The van der Waals surface area contributed by atoms with E-state index >= 15 is 0 Å². The van der Waals surface area contributed by atoms with Gasteiger partial charge < -0.3 is 10.1 Å². The molecule has 1 aromatic rings. The zero-order valence-electron chi connectivity index (χ0n) is 13.2. The Morgan fingerprint density at radius 3 is 2.67 bits per heavy atom. The standard InChI is InChI=1S/C16H20N2O5S/c1-2-8-17-15(19)12-23-16(20)13-6-5-7-14(11-13)24(21,22)18-9-3-4-10-18/h2,5-7,11H,1,3-4,8-10,12H2,(H,17,19). The second-order valence-electron chi connectivity index (χ2n) is 5.31. The number of hydrogen-bond acceptors (Lipinski definition) is 5. The van der Waals surface area contributed by atoms with Crippen LogP contribution in [0.1, 0.15) is 23.2 Å². The Morgan fingerprint density at radius 2 is 2.00 bits per heavy atom. The molecule has 0 saturated carbocycles. The molecule has 24 heavy (non-hydrogen) atoms. The SMILES string of the molecule is C=CCNC(=O)COC(=O)c1cccc(S(=O)(=O)N2CCCC2)c1. The maximum atomic E-state index is 12.5.